The second kappa shape index (κ2) is 5.53. The van der Waals surface area contributed by atoms with Gasteiger partial charge in [0.15, 0.2) is 0 Å². The molecule has 1 aliphatic heterocycles. The first-order valence-corrected chi connectivity index (χ1v) is 5.72. The maximum absolute atomic E-state index is 5.91. The summed E-state index contributed by atoms with van der Waals surface area (Å²) in [5, 5.41) is 4.43. The van der Waals surface area contributed by atoms with Crippen LogP contribution in [0.4, 0.5) is 0 Å². The normalized spacial score (nSPS) is 18.8. The number of hydrogen-bond donors (Lipinski definition) is 1. The van der Waals surface area contributed by atoms with Crippen LogP contribution in [0.2, 0.25) is 10.0 Å². The molecule has 5 heteroatoms. The summed E-state index contributed by atoms with van der Waals surface area (Å²) in [6.07, 6.45) is 2.48. The fraction of sp³-hybridized carbons (Fsp3) is 0.364. The van der Waals surface area contributed by atoms with Crippen LogP contribution in [0.1, 0.15) is 5.56 Å². The van der Waals surface area contributed by atoms with Gasteiger partial charge in [0.2, 0.25) is 0 Å². The van der Waals surface area contributed by atoms with E-state index in [1.807, 2.05) is 12.1 Å². The van der Waals surface area contributed by atoms with Crippen LogP contribution in [0.15, 0.2) is 23.2 Å². The third-order valence-electron chi connectivity index (χ3n) is 2.27. The van der Waals surface area contributed by atoms with E-state index < -0.39 is 0 Å². The molecule has 0 saturated heterocycles. The minimum atomic E-state index is 0.169. The molecule has 0 bridgehead atoms. The van der Waals surface area contributed by atoms with Gasteiger partial charge < -0.3 is 10.1 Å². The maximum atomic E-state index is 5.91. The van der Waals surface area contributed by atoms with Gasteiger partial charge in [0.1, 0.15) is 12.6 Å². The SMILES string of the molecule is Clc1ccc(CNCC2CO[C]=N2)cc1Cl. The average molecular weight is 258 g/mol. The molecule has 0 fully saturated rings. The van der Waals surface area contributed by atoms with Crippen LogP contribution < -0.4 is 5.32 Å². The number of benzene rings is 1. The quantitative estimate of drug-likeness (QED) is 0.899. The van der Waals surface area contributed by atoms with Crippen LogP contribution in [0.5, 0.6) is 0 Å². The lowest BCUT2D eigenvalue weighted by Gasteiger charge is -2.08. The zero-order valence-corrected chi connectivity index (χ0v) is 10.1. The third-order valence-corrected chi connectivity index (χ3v) is 3.01. The lowest BCUT2D eigenvalue weighted by molar-refractivity contribution is 0.323. The lowest BCUT2D eigenvalue weighted by Crippen LogP contribution is -2.26. The fourth-order valence-corrected chi connectivity index (χ4v) is 1.74. The van der Waals surface area contributed by atoms with E-state index in [9.17, 15) is 0 Å². The summed E-state index contributed by atoms with van der Waals surface area (Å²) in [6.45, 7) is 2.12. The van der Waals surface area contributed by atoms with Gasteiger partial charge in [-0.05, 0) is 17.7 Å². The first-order chi connectivity index (χ1) is 7.75. The van der Waals surface area contributed by atoms with E-state index in [-0.39, 0.29) is 6.04 Å². The van der Waals surface area contributed by atoms with Crippen molar-refractivity contribution in [2.75, 3.05) is 13.2 Å². The van der Waals surface area contributed by atoms with Crippen LogP contribution in [-0.2, 0) is 11.3 Å². The number of halogens is 2. The Hall–Kier alpha value is -0.770. The van der Waals surface area contributed by atoms with Crippen LogP contribution >= 0.6 is 23.2 Å². The minimum Gasteiger partial charge on any atom is -0.472 e. The molecule has 1 aromatic rings. The molecule has 1 atom stereocenters. The molecular weight excluding hydrogens is 247 g/mol. The Kier molecular flexibility index (Phi) is 4.04. The molecule has 0 spiro atoms. The van der Waals surface area contributed by atoms with Crippen LogP contribution in [0, 0.1) is 0 Å². The lowest BCUT2D eigenvalue weighted by atomic mass is 10.2. The summed E-state index contributed by atoms with van der Waals surface area (Å²) >= 11 is 11.7. The van der Waals surface area contributed by atoms with E-state index in [2.05, 4.69) is 16.7 Å². The maximum Gasteiger partial charge on any atom is 0.273 e. The Morgan fingerprint density at radius 1 is 1.44 bits per heavy atom. The monoisotopic (exact) mass is 257 g/mol. The van der Waals surface area contributed by atoms with Crippen molar-refractivity contribution in [2.45, 2.75) is 12.6 Å². The smallest absolute Gasteiger partial charge is 0.273 e. The summed E-state index contributed by atoms with van der Waals surface area (Å²) in [4.78, 5) is 4.02. The van der Waals surface area contributed by atoms with Crippen molar-refractivity contribution in [3.63, 3.8) is 0 Å². The molecule has 85 valence electrons. The van der Waals surface area contributed by atoms with Gasteiger partial charge in [-0.2, -0.15) is 0 Å². The van der Waals surface area contributed by atoms with E-state index in [1.165, 1.54) is 0 Å². The summed E-state index contributed by atoms with van der Waals surface area (Å²) in [5.74, 6) is 0. The predicted octanol–water partition coefficient (Wildman–Crippen LogP) is 2.39. The molecule has 2 rings (SSSR count). The molecule has 1 unspecified atom stereocenters. The van der Waals surface area contributed by atoms with Crippen molar-refractivity contribution >= 4 is 29.6 Å². The highest BCUT2D eigenvalue weighted by atomic mass is 35.5. The third kappa shape index (κ3) is 3.11. The molecule has 1 aromatic carbocycles. The second-order valence-electron chi connectivity index (χ2n) is 3.56. The summed E-state index contributed by atoms with van der Waals surface area (Å²) < 4.78 is 4.90. The van der Waals surface area contributed by atoms with Gasteiger partial charge >= 0.3 is 0 Å². The summed E-state index contributed by atoms with van der Waals surface area (Å²) in [7, 11) is 0. The molecule has 1 heterocycles. The molecule has 3 nitrogen and oxygen atoms in total. The molecule has 0 aromatic heterocycles. The van der Waals surface area contributed by atoms with Gasteiger partial charge in [0, 0.05) is 13.1 Å². The highest BCUT2D eigenvalue weighted by Crippen LogP contribution is 2.22. The highest BCUT2D eigenvalue weighted by Gasteiger charge is 2.11. The van der Waals surface area contributed by atoms with Crippen molar-refractivity contribution < 1.29 is 4.74 Å². The Balaban J connectivity index is 1.80. The van der Waals surface area contributed by atoms with E-state index >= 15 is 0 Å². The Bertz CT molecular complexity index is 396. The Morgan fingerprint density at radius 3 is 3.00 bits per heavy atom. The number of aliphatic imine (C=N–C) groups is 1. The topological polar surface area (TPSA) is 33.6 Å². The van der Waals surface area contributed by atoms with Crippen molar-refractivity contribution in [1.82, 2.24) is 5.32 Å². The average Bonchev–Trinajstić information content (AvgIpc) is 2.76. The first-order valence-electron chi connectivity index (χ1n) is 4.97. The molecule has 1 radical (unpaired) electrons. The van der Waals surface area contributed by atoms with Crippen molar-refractivity contribution in [3.8, 4) is 0 Å². The van der Waals surface area contributed by atoms with Crippen LogP contribution in [0.25, 0.3) is 0 Å². The molecule has 1 aliphatic rings. The zero-order chi connectivity index (χ0) is 11.4. The Morgan fingerprint density at radius 2 is 2.31 bits per heavy atom. The zero-order valence-electron chi connectivity index (χ0n) is 8.54. The largest absolute Gasteiger partial charge is 0.472 e. The van der Waals surface area contributed by atoms with Crippen molar-refractivity contribution in [3.05, 3.63) is 33.8 Å². The number of hydrogen-bond acceptors (Lipinski definition) is 3. The highest BCUT2D eigenvalue weighted by molar-refractivity contribution is 6.42. The van der Waals surface area contributed by atoms with Gasteiger partial charge in [-0.1, -0.05) is 29.3 Å². The van der Waals surface area contributed by atoms with Crippen LogP contribution in [0.3, 0.4) is 0 Å². The van der Waals surface area contributed by atoms with E-state index in [0.29, 0.717) is 16.7 Å². The van der Waals surface area contributed by atoms with Gasteiger partial charge in [0.25, 0.3) is 6.40 Å². The Labute approximate surface area is 104 Å². The van der Waals surface area contributed by atoms with Gasteiger partial charge in [-0.25, -0.2) is 4.99 Å². The first kappa shape index (κ1) is 11.7. The van der Waals surface area contributed by atoms with Crippen molar-refractivity contribution in [2.24, 2.45) is 4.99 Å². The molecular formula is C11H11Cl2N2O. The second-order valence-corrected chi connectivity index (χ2v) is 4.38. The number of rotatable bonds is 4. The molecule has 0 amide bonds. The van der Waals surface area contributed by atoms with Crippen molar-refractivity contribution in [1.29, 1.82) is 0 Å². The number of ether oxygens (including phenoxy) is 1. The molecule has 16 heavy (non-hydrogen) atoms. The van der Waals surface area contributed by atoms with E-state index in [4.69, 9.17) is 27.9 Å². The van der Waals surface area contributed by atoms with Gasteiger partial charge in [-0.15, -0.1) is 0 Å². The fourth-order valence-electron chi connectivity index (χ4n) is 1.42. The summed E-state index contributed by atoms with van der Waals surface area (Å²) in [6, 6.07) is 5.77. The summed E-state index contributed by atoms with van der Waals surface area (Å²) in [5.41, 5.74) is 1.10. The molecule has 1 N–H and O–H groups in total. The minimum absolute atomic E-state index is 0.169. The van der Waals surface area contributed by atoms with E-state index in [0.717, 1.165) is 18.7 Å². The van der Waals surface area contributed by atoms with Gasteiger partial charge in [0.05, 0.1) is 10.0 Å². The standard InChI is InChI=1S/C11H11Cl2N2O/c12-10-2-1-8(3-11(10)13)4-14-5-9-6-16-7-15-9/h1-3,9,14H,4-6H2. The molecule has 0 aliphatic carbocycles. The number of nitrogens with zero attached hydrogens (tertiary/aromatic N) is 1. The predicted molar refractivity (Wildman–Crippen MR) is 65.3 cm³/mol. The molecule has 0 saturated carbocycles. The number of nitrogens with one attached hydrogen (secondary N) is 1. The van der Waals surface area contributed by atoms with Gasteiger partial charge in [-0.3, -0.25) is 0 Å². The van der Waals surface area contributed by atoms with E-state index in [1.54, 1.807) is 6.07 Å². The van der Waals surface area contributed by atoms with Crippen LogP contribution in [-0.4, -0.2) is 25.6 Å².